The second kappa shape index (κ2) is 5.16. The highest BCUT2D eigenvalue weighted by Crippen LogP contribution is 2.20. The first-order chi connectivity index (χ1) is 7.51. The highest BCUT2D eigenvalue weighted by Gasteiger charge is 2.19. The van der Waals surface area contributed by atoms with Crippen molar-refractivity contribution in [3.05, 3.63) is 22.6 Å². The number of furan rings is 1. The van der Waals surface area contributed by atoms with E-state index in [-0.39, 0.29) is 11.9 Å². The minimum atomic E-state index is -0.0934. The van der Waals surface area contributed by atoms with Crippen molar-refractivity contribution >= 4 is 5.91 Å². The zero-order valence-electron chi connectivity index (χ0n) is 10.4. The first kappa shape index (κ1) is 12.8. The molecule has 4 nitrogen and oxygen atoms in total. The van der Waals surface area contributed by atoms with Gasteiger partial charge in [-0.1, -0.05) is 6.92 Å². The van der Waals surface area contributed by atoms with E-state index in [9.17, 15) is 4.79 Å². The minimum absolute atomic E-state index is 0.0292. The van der Waals surface area contributed by atoms with Gasteiger partial charge < -0.3 is 15.5 Å². The first-order valence-corrected chi connectivity index (χ1v) is 5.58. The average molecular weight is 224 g/mol. The van der Waals surface area contributed by atoms with Gasteiger partial charge in [0.2, 0.25) is 0 Å². The fourth-order valence-electron chi connectivity index (χ4n) is 1.71. The van der Waals surface area contributed by atoms with Crippen LogP contribution in [0.15, 0.2) is 4.42 Å². The van der Waals surface area contributed by atoms with E-state index in [1.807, 2.05) is 20.8 Å². The standard InChI is InChI=1S/C12H20N2O2/c1-5-10(6-13)14-12(15)11-7(2)8(3)16-9(11)4/h10H,5-6,13H2,1-4H3,(H,14,15). The first-order valence-electron chi connectivity index (χ1n) is 5.58. The van der Waals surface area contributed by atoms with E-state index >= 15 is 0 Å². The van der Waals surface area contributed by atoms with Crippen LogP contribution < -0.4 is 11.1 Å². The maximum Gasteiger partial charge on any atom is 0.255 e. The smallest absolute Gasteiger partial charge is 0.255 e. The van der Waals surface area contributed by atoms with Crippen molar-refractivity contribution in [2.24, 2.45) is 5.73 Å². The predicted molar refractivity (Wildman–Crippen MR) is 63.5 cm³/mol. The molecule has 90 valence electrons. The van der Waals surface area contributed by atoms with Gasteiger partial charge in [0, 0.05) is 18.2 Å². The maximum atomic E-state index is 12.0. The number of amides is 1. The molecule has 16 heavy (non-hydrogen) atoms. The van der Waals surface area contributed by atoms with Crippen molar-refractivity contribution in [3.8, 4) is 0 Å². The van der Waals surface area contributed by atoms with Crippen LogP contribution in [0.5, 0.6) is 0 Å². The van der Waals surface area contributed by atoms with E-state index in [1.54, 1.807) is 6.92 Å². The van der Waals surface area contributed by atoms with Crippen LogP contribution in [0.4, 0.5) is 0 Å². The Morgan fingerprint density at radius 3 is 2.38 bits per heavy atom. The van der Waals surface area contributed by atoms with Gasteiger partial charge in [-0.2, -0.15) is 0 Å². The summed E-state index contributed by atoms with van der Waals surface area (Å²) in [5.74, 6) is 1.37. The maximum absolute atomic E-state index is 12.0. The molecule has 1 heterocycles. The second-order valence-electron chi connectivity index (χ2n) is 4.03. The third-order valence-electron chi connectivity index (χ3n) is 2.90. The van der Waals surface area contributed by atoms with E-state index < -0.39 is 0 Å². The fraction of sp³-hybridized carbons (Fsp3) is 0.583. The van der Waals surface area contributed by atoms with E-state index in [1.165, 1.54) is 0 Å². The topological polar surface area (TPSA) is 68.3 Å². The molecule has 0 saturated carbocycles. The Hall–Kier alpha value is -1.29. The molecule has 1 rings (SSSR count). The number of carbonyl (C=O) groups excluding carboxylic acids is 1. The van der Waals surface area contributed by atoms with Crippen molar-refractivity contribution < 1.29 is 9.21 Å². The van der Waals surface area contributed by atoms with Gasteiger partial charge in [-0.05, 0) is 27.2 Å². The summed E-state index contributed by atoms with van der Waals surface area (Å²) >= 11 is 0. The lowest BCUT2D eigenvalue weighted by molar-refractivity contribution is 0.0935. The number of nitrogens with one attached hydrogen (secondary N) is 1. The van der Waals surface area contributed by atoms with Crippen molar-refractivity contribution in [2.45, 2.75) is 40.2 Å². The molecule has 1 unspecified atom stereocenters. The van der Waals surface area contributed by atoms with E-state index in [4.69, 9.17) is 10.2 Å². The minimum Gasteiger partial charge on any atom is -0.466 e. The molecule has 0 aliphatic rings. The number of nitrogens with two attached hydrogens (primary N) is 1. The van der Waals surface area contributed by atoms with Crippen molar-refractivity contribution in [1.29, 1.82) is 0 Å². The summed E-state index contributed by atoms with van der Waals surface area (Å²) in [6, 6.07) is 0.0292. The van der Waals surface area contributed by atoms with Crippen molar-refractivity contribution in [3.63, 3.8) is 0 Å². The predicted octanol–water partition coefficient (Wildman–Crippen LogP) is 1.67. The fourth-order valence-corrected chi connectivity index (χ4v) is 1.71. The van der Waals surface area contributed by atoms with Crippen molar-refractivity contribution in [2.75, 3.05) is 6.54 Å². The number of rotatable bonds is 4. The Labute approximate surface area is 96.2 Å². The molecule has 1 atom stereocenters. The summed E-state index contributed by atoms with van der Waals surface area (Å²) in [5.41, 5.74) is 7.10. The number of carbonyl (C=O) groups is 1. The number of hydrogen-bond acceptors (Lipinski definition) is 3. The van der Waals surface area contributed by atoms with Crippen LogP contribution in [0.25, 0.3) is 0 Å². The monoisotopic (exact) mass is 224 g/mol. The number of aryl methyl sites for hydroxylation is 2. The van der Waals surface area contributed by atoms with Gasteiger partial charge in [0.25, 0.3) is 5.91 Å². The van der Waals surface area contributed by atoms with E-state index in [0.717, 1.165) is 17.7 Å². The molecule has 3 N–H and O–H groups in total. The molecule has 1 aromatic heterocycles. The molecule has 0 bridgehead atoms. The van der Waals surface area contributed by atoms with Gasteiger partial charge in [-0.15, -0.1) is 0 Å². The van der Waals surface area contributed by atoms with Crippen LogP contribution >= 0.6 is 0 Å². The SMILES string of the molecule is CCC(CN)NC(=O)c1c(C)oc(C)c1C. The van der Waals surface area contributed by atoms with Crippen molar-refractivity contribution in [1.82, 2.24) is 5.32 Å². The van der Waals surface area contributed by atoms with Crippen LogP contribution in [0.2, 0.25) is 0 Å². The van der Waals surface area contributed by atoms with Gasteiger partial charge in [0.05, 0.1) is 5.56 Å². The largest absolute Gasteiger partial charge is 0.466 e. The summed E-state index contributed by atoms with van der Waals surface area (Å²) < 4.78 is 5.42. The third-order valence-corrected chi connectivity index (χ3v) is 2.90. The Morgan fingerprint density at radius 2 is 2.00 bits per heavy atom. The van der Waals surface area contributed by atoms with Crippen LogP contribution in [0, 0.1) is 20.8 Å². The highest BCUT2D eigenvalue weighted by atomic mass is 16.3. The zero-order chi connectivity index (χ0) is 12.3. The number of hydrogen-bond donors (Lipinski definition) is 2. The van der Waals surface area contributed by atoms with Crippen LogP contribution in [-0.4, -0.2) is 18.5 Å². The molecule has 0 aliphatic heterocycles. The molecule has 1 amide bonds. The molecule has 0 aliphatic carbocycles. The van der Waals surface area contributed by atoms with Gasteiger partial charge in [0.15, 0.2) is 0 Å². The molecule has 0 fully saturated rings. The van der Waals surface area contributed by atoms with Gasteiger partial charge >= 0.3 is 0 Å². The van der Waals surface area contributed by atoms with Gasteiger partial charge in [-0.3, -0.25) is 4.79 Å². The summed E-state index contributed by atoms with van der Waals surface area (Å²) in [6.45, 7) is 8.01. The quantitative estimate of drug-likeness (QED) is 0.817. The normalized spacial score (nSPS) is 12.6. The molecular formula is C12H20N2O2. The zero-order valence-corrected chi connectivity index (χ0v) is 10.4. The molecular weight excluding hydrogens is 204 g/mol. The third kappa shape index (κ3) is 2.44. The molecule has 1 aromatic rings. The molecule has 0 spiro atoms. The van der Waals surface area contributed by atoms with Crippen LogP contribution in [0.3, 0.4) is 0 Å². The summed E-state index contributed by atoms with van der Waals surface area (Å²) in [7, 11) is 0. The van der Waals surface area contributed by atoms with Gasteiger partial charge in [-0.25, -0.2) is 0 Å². The van der Waals surface area contributed by atoms with Crippen LogP contribution in [0.1, 0.15) is 40.8 Å². The van der Waals surface area contributed by atoms with E-state index in [2.05, 4.69) is 5.32 Å². The summed E-state index contributed by atoms with van der Waals surface area (Å²) in [5, 5.41) is 2.90. The Morgan fingerprint density at radius 1 is 1.38 bits per heavy atom. The molecule has 0 aromatic carbocycles. The Kier molecular flexibility index (Phi) is 4.12. The molecule has 0 radical (unpaired) electrons. The lowest BCUT2D eigenvalue weighted by Gasteiger charge is -2.14. The summed E-state index contributed by atoms with van der Waals surface area (Å²) in [6.07, 6.45) is 0.831. The molecule has 4 heteroatoms. The Balaban J connectivity index is 2.88. The van der Waals surface area contributed by atoms with Gasteiger partial charge in [0.1, 0.15) is 11.5 Å². The Bertz CT molecular complexity index is 379. The second-order valence-corrected chi connectivity index (χ2v) is 4.03. The van der Waals surface area contributed by atoms with Crippen LogP contribution in [-0.2, 0) is 0 Å². The highest BCUT2D eigenvalue weighted by molar-refractivity contribution is 5.97. The lowest BCUT2D eigenvalue weighted by Crippen LogP contribution is -2.40. The van der Waals surface area contributed by atoms with E-state index in [0.29, 0.717) is 17.9 Å². The average Bonchev–Trinajstić information content (AvgIpc) is 2.49. The molecule has 0 saturated heterocycles. The lowest BCUT2D eigenvalue weighted by atomic mass is 10.1. The summed E-state index contributed by atoms with van der Waals surface area (Å²) in [4.78, 5) is 12.0.